The first-order valence-corrected chi connectivity index (χ1v) is 11.0. The van der Waals surface area contributed by atoms with Gasteiger partial charge in [-0.1, -0.05) is 18.2 Å². The van der Waals surface area contributed by atoms with Gasteiger partial charge >= 0.3 is 6.18 Å². The maximum Gasteiger partial charge on any atom is 0.416 e. The lowest BCUT2D eigenvalue weighted by molar-refractivity contribution is -0.137. The zero-order valence-corrected chi connectivity index (χ0v) is 18.2. The molecule has 0 spiro atoms. The van der Waals surface area contributed by atoms with Crippen LogP contribution < -0.4 is 15.0 Å². The Bertz CT molecular complexity index is 1160. The van der Waals surface area contributed by atoms with Crippen molar-refractivity contribution in [1.82, 2.24) is 0 Å². The molecule has 1 heterocycles. The molecule has 170 valence electrons. The Balaban J connectivity index is 1.50. The normalized spacial score (nSPS) is 16.1. The predicted molar refractivity (Wildman–Crippen MR) is 122 cm³/mol. The number of rotatable bonds is 5. The fourth-order valence-electron chi connectivity index (χ4n) is 3.46. The summed E-state index contributed by atoms with van der Waals surface area (Å²) in [6.07, 6.45) is -4.44. The van der Waals surface area contributed by atoms with Gasteiger partial charge in [0, 0.05) is 16.9 Å². The van der Waals surface area contributed by atoms with E-state index in [4.69, 9.17) is 4.74 Å². The molecule has 0 saturated carbocycles. The van der Waals surface area contributed by atoms with E-state index in [0.29, 0.717) is 22.7 Å². The number of hydrogen-bond donors (Lipinski definition) is 1. The monoisotopic (exact) mass is 472 g/mol. The summed E-state index contributed by atoms with van der Waals surface area (Å²) in [6.45, 7) is 0. The van der Waals surface area contributed by atoms with E-state index in [-0.39, 0.29) is 22.9 Å². The predicted octanol–water partition coefficient (Wildman–Crippen LogP) is 5.74. The van der Waals surface area contributed by atoms with Gasteiger partial charge in [-0.2, -0.15) is 13.2 Å². The molecular weight excluding hydrogens is 453 g/mol. The number of methoxy groups -OCH3 is 1. The smallest absolute Gasteiger partial charge is 0.416 e. The highest BCUT2D eigenvalue weighted by Crippen LogP contribution is 2.42. The summed E-state index contributed by atoms with van der Waals surface area (Å²) in [5, 5.41) is 2.43. The van der Waals surface area contributed by atoms with Crippen LogP contribution in [-0.4, -0.2) is 24.7 Å². The van der Waals surface area contributed by atoms with Crippen LogP contribution in [0.2, 0.25) is 0 Å². The molecule has 5 nitrogen and oxygen atoms in total. The lowest BCUT2D eigenvalue weighted by Gasteiger charge is -2.25. The molecule has 33 heavy (non-hydrogen) atoms. The number of halogens is 3. The number of nitrogens with one attached hydrogen (secondary N) is 1. The molecule has 1 fully saturated rings. The number of carbonyl (C=O) groups is 2. The Kier molecular flexibility index (Phi) is 6.33. The van der Waals surface area contributed by atoms with Crippen LogP contribution in [0.4, 0.5) is 24.5 Å². The van der Waals surface area contributed by atoms with Gasteiger partial charge in [0.1, 0.15) is 11.1 Å². The van der Waals surface area contributed by atoms with Crippen molar-refractivity contribution in [1.29, 1.82) is 0 Å². The van der Waals surface area contributed by atoms with Gasteiger partial charge in [-0.3, -0.25) is 14.5 Å². The Morgan fingerprint density at radius 2 is 1.76 bits per heavy atom. The first-order valence-electron chi connectivity index (χ1n) is 9.92. The van der Waals surface area contributed by atoms with E-state index in [9.17, 15) is 22.8 Å². The van der Waals surface area contributed by atoms with Crippen LogP contribution in [-0.2, 0) is 11.0 Å². The van der Waals surface area contributed by atoms with Crippen LogP contribution in [0, 0.1) is 0 Å². The quantitative estimate of drug-likeness (QED) is 0.514. The van der Waals surface area contributed by atoms with Gasteiger partial charge in [0.2, 0.25) is 5.91 Å². The summed E-state index contributed by atoms with van der Waals surface area (Å²) in [4.78, 5) is 26.5. The van der Waals surface area contributed by atoms with Crippen molar-refractivity contribution in [2.75, 3.05) is 23.1 Å². The van der Waals surface area contributed by atoms with Gasteiger partial charge in [-0.25, -0.2) is 0 Å². The molecule has 1 atom stereocenters. The van der Waals surface area contributed by atoms with Crippen molar-refractivity contribution in [3.63, 3.8) is 0 Å². The van der Waals surface area contributed by atoms with Gasteiger partial charge in [-0.05, 0) is 60.2 Å². The minimum Gasteiger partial charge on any atom is -0.497 e. The van der Waals surface area contributed by atoms with Crippen LogP contribution in [0.25, 0.3) is 0 Å². The third-order valence-corrected chi connectivity index (χ3v) is 6.34. The van der Waals surface area contributed by atoms with Crippen LogP contribution in [0.3, 0.4) is 0 Å². The molecule has 4 rings (SSSR count). The Morgan fingerprint density at radius 1 is 1.06 bits per heavy atom. The third kappa shape index (κ3) is 4.98. The number of alkyl halides is 3. The second-order valence-electron chi connectivity index (χ2n) is 7.28. The zero-order valence-electron chi connectivity index (χ0n) is 17.4. The molecule has 0 aromatic heterocycles. The number of thioether (sulfide) groups is 1. The van der Waals surface area contributed by atoms with E-state index in [0.717, 1.165) is 17.7 Å². The largest absolute Gasteiger partial charge is 0.497 e. The number of nitrogens with zero attached hydrogens (tertiary/aromatic N) is 1. The number of hydrogen-bond acceptors (Lipinski definition) is 4. The summed E-state index contributed by atoms with van der Waals surface area (Å²) in [5.74, 6) is 0.322. The fourth-order valence-corrected chi connectivity index (χ4v) is 4.64. The second-order valence-corrected chi connectivity index (χ2v) is 8.35. The molecule has 2 amide bonds. The van der Waals surface area contributed by atoms with Gasteiger partial charge in [0.15, 0.2) is 0 Å². The van der Waals surface area contributed by atoms with Crippen molar-refractivity contribution in [2.24, 2.45) is 0 Å². The maximum absolute atomic E-state index is 12.9. The van der Waals surface area contributed by atoms with Gasteiger partial charge < -0.3 is 10.1 Å². The lowest BCUT2D eigenvalue weighted by atomic mass is 10.1. The molecule has 3 aromatic rings. The van der Waals surface area contributed by atoms with Crippen LogP contribution in [0.5, 0.6) is 5.75 Å². The number of amides is 2. The van der Waals surface area contributed by atoms with Crippen LogP contribution in [0.1, 0.15) is 26.9 Å². The first kappa shape index (κ1) is 22.7. The van der Waals surface area contributed by atoms with Crippen molar-refractivity contribution < 1.29 is 27.5 Å². The van der Waals surface area contributed by atoms with E-state index in [1.165, 1.54) is 35.9 Å². The van der Waals surface area contributed by atoms with Gasteiger partial charge in [0.25, 0.3) is 5.91 Å². The molecular formula is C24H19F3N2O3S. The summed E-state index contributed by atoms with van der Waals surface area (Å²) in [7, 11) is 1.52. The first-order chi connectivity index (χ1) is 15.8. The third-order valence-electron chi connectivity index (χ3n) is 5.13. The topological polar surface area (TPSA) is 58.6 Å². The number of anilines is 2. The highest BCUT2D eigenvalue weighted by Gasteiger charge is 2.35. The van der Waals surface area contributed by atoms with E-state index >= 15 is 0 Å². The van der Waals surface area contributed by atoms with Gasteiger partial charge in [0.05, 0.1) is 18.4 Å². The SMILES string of the molecule is COc1cccc(C(=O)Nc2ccc([C@@H]3SCC(=O)N3c3ccc(C(F)(F)F)cc3)cc2)c1. The molecule has 3 aromatic carbocycles. The molecule has 1 aliphatic heterocycles. The summed E-state index contributed by atoms with van der Waals surface area (Å²) in [5.41, 5.74) is 1.45. The molecule has 0 radical (unpaired) electrons. The molecule has 9 heteroatoms. The zero-order chi connectivity index (χ0) is 23.6. The van der Waals surface area contributed by atoms with E-state index in [2.05, 4.69) is 5.32 Å². The number of ether oxygens (including phenoxy) is 1. The molecule has 0 bridgehead atoms. The molecule has 1 aliphatic rings. The number of carbonyl (C=O) groups excluding carboxylic acids is 2. The maximum atomic E-state index is 12.9. The fraction of sp³-hybridized carbons (Fsp3) is 0.167. The van der Waals surface area contributed by atoms with Crippen molar-refractivity contribution in [2.45, 2.75) is 11.6 Å². The van der Waals surface area contributed by atoms with Crippen molar-refractivity contribution in [3.8, 4) is 5.75 Å². The van der Waals surface area contributed by atoms with Gasteiger partial charge in [-0.15, -0.1) is 11.8 Å². The second kappa shape index (κ2) is 9.19. The lowest BCUT2D eigenvalue weighted by Crippen LogP contribution is -2.27. The van der Waals surface area contributed by atoms with E-state index in [1.54, 1.807) is 48.5 Å². The summed E-state index contributed by atoms with van der Waals surface area (Å²) >= 11 is 1.39. The highest BCUT2D eigenvalue weighted by atomic mass is 32.2. The minimum absolute atomic E-state index is 0.180. The van der Waals surface area contributed by atoms with Crippen LogP contribution >= 0.6 is 11.8 Å². The van der Waals surface area contributed by atoms with Crippen molar-refractivity contribution in [3.05, 3.63) is 89.5 Å². The number of benzene rings is 3. The Labute approximate surface area is 192 Å². The molecule has 0 unspecified atom stereocenters. The minimum atomic E-state index is -4.44. The Morgan fingerprint density at radius 3 is 2.39 bits per heavy atom. The van der Waals surface area contributed by atoms with E-state index in [1.807, 2.05) is 0 Å². The Hall–Kier alpha value is -3.46. The summed E-state index contributed by atoms with van der Waals surface area (Å²) in [6, 6.07) is 18.4. The summed E-state index contributed by atoms with van der Waals surface area (Å²) < 4.78 is 43.7. The van der Waals surface area contributed by atoms with E-state index < -0.39 is 11.7 Å². The molecule has 1 saturated heterocycles. The highest BCUT2D eigenvalue weighted by molar-refractivity contribution is 8.00. The van der Waals surface area contributed by atoms with Crippen LogP contribution in [0.15, 0.2) is 72.8 Å². The average molecular weight is 472 g/mol. The molecule has 1 N–H and O–H groups in total. The van der Waals surface area contributed by atoms with Crippen molar-refractivity contribution >= 4 is 35.0 Å². The molecule has 0 aliphatic carbocycles. The average Bonchev–Trinajstić information content (AvgIpc) is 3.20. The standard InChI is InChI=1S/C24H19F3N2O3S/c1-32-20-4-2-3-16(13-20)22(31)28-18-9-5-15(6-10-18)23-29(21(30)14-33-23)19-11-7-17(8-12-19)24(25,26)27/h2-13,23H,14H2,1H3,(H,28,31)/t23-/m0/s1.